The maximum absolute atomic E-state index is 3.81. The highest BCUT2D eigenvalue weighted by Crippen LogP contribution is 2.25. The minimum Gasteiger partial charge on any atom is -0.307 e. The van der Waals surface area contributed by atoms with E-state index in [1.807, 2.05) is 11.3 Å². The number of hydrogen-bond acceptors (Lipinski definition) is 3. The molecule has 1 fully saturated rings. The summed E-state index contributed by atoms with van der Waals surface area (Å²) in [6.45, 7) is 12.9. The smallest absolute Gasteiger partial charge is 0.0388 e. The number of nitrogens with zero attached hydrogens (tertiary/aromatic N) is 1. The van der Waals surface area contributed by atoms with Crippen LogP contribution in [-0.4, -0.2) is 30.6 Å². The topological polar surface area (TPSA) is 15.3 Å². The van der Waals surface area contributed by atoms with E-state index in [-0.39, 0.29) is 0 Å². The van der Waals surface area contributed by atoms with Crippen LogP contribution in [0.1, 0.15) is 49.4 Å². The summed E-state index contributed by atoms with van der Waals surface area (Å²) in [7, 11) is 0. The summed E-state index contributed by atoms with van der Waals surface area (Å²) in [6, 6.07) is 5.57. The molecule has 2 rings (SSSR count). The van der Waals surface area contributed by atoms with Gasteiger partial charge in [0.15, 0.2) is 0 Å². The van der Waals surface area contributed by atoms with Crippen molar-refractivity contribution in [1.29, 1.82) is 0 Å². The van der Waals surface area contributed by atoms with Crippen LogP contribution in [0.15, 0.2) is 12.1 Å². The molecule has 1 aromatic rings. The molecule has 3 heteroatoms. The lowest BCUT2D eigenvalue weighted by Gasteiger charge is -2.36. The zero-order chi connectivity index (χ0) is 13.8. The molecule has 0 bridgehead atoms. The van der Waals surface area contributed by atoms with E-state index in [1.54, 1.807) is 0 Å². The van der Waals surface area contributed by atoms with Gasteiger partial charge in [-0.15, -0.1) is 11.3 Å². The third-order valence-electron chi connectivity index (χ3n) is 4.40. The Morgan fingerprint density at radius 2 is 2.21 bits per heavy atom. The molecule has 1 N–H and O–H groups in total. The third kappa shape index (κ3) is 4.04. The quantitative estimate of drug-likeness (QED) is 0.882. The molecule has 0 saturated carbocycles. The first-order chi connectivity index (χ1) is 9.10. The lowest BCUT2D eigenvalue weighted by atomic mass is 9.91. The van der Waals surface area contributed by atoms with Crippen LogP contribution in [0.3, 0.4) is 0 Å². The maximum Gasteiger partial charge on any atom is 0.0388 e. The summed E-state index contributed by atoms with van der Waals surface area (Å²) in [4.78, 5) is 5.46. The van der Waals surface area contributed by atoms with Gasteiger partial charge in [-0.05, 0) is 64.8 Å². The van der Waals surface area contributed by atoms with Crippen molar-refractivity contribution < 1.29 is 0 Å². The van der Waals surface area contributed by atoms with Crippen LogP contribution in [0.5, 0.6) is 0 Å². The number of thiophene rings is 1. The van der Waals surface area contributed by atoms with E-state index in [0.717, 1.165) is 5.92 Å². The standard InChI is InChI=1S/C16H28N2S/c1-5-18-10-6-7-15(11-18)13(3)17-14(4)16-9-8-12(2)19-16/h8-9,13-15,17H,5-7,10-11H2,1-4H3. The van der Waals surface area contributed by atoms with Gasteiger partial charge in [0.1, 0.15) is 0 Å². The largest absolute Gasteiger partial charge is 0.307 e. The fraction of sp³-hybridized carbons (Fsp3) is 0.750. The Labute approximate surface area is 122 Å². The monoisotopic (exact) mass is 280 g/mol. The molecule has 1 saturated heterocycles. The van der Waals surface area contributed by atoms with Crippen molar-refractivity contribution in [3.8, 4) is 0 Å². The Balaban J connectivity index is 1.87. The lowest BCUT2D eigenvalue weighted by Crippen LogP contribution is -2.44. The number of likely N-dealkylation sites (tertiary alicyclic amines) is 1. The molecule has 2 heterocycles. The first-order valence-electron chi connectivity index (χ1n) is 7.65. The Morgan fingerprint density at radius 3 is 2.84 bits per heavy atom. The fourth-order valence-electron chi connectivity index (χ4n) is 3.09. The molecule has 0 aromatic carbocycles. The van der Waals surface area contributed by atoms with Crippen LogP contribution in [0.2, 0.25) is 0 Å². The van der Waals surface area contributed by atoms with Gasteiger partial charge in [0.05, 0.1) is 0 Å². The Kier molecular flexibility index (Phi) is 5.43. The number of hydrogen-bond donors (Lipinski definition) is 1. The van der Waals surface area contributed by atoms with E-state index >= 15 is 0 Å². The summed E-state index contributed by atoms with van der Waals surface area (Å²) in [5.74, 6) is 0.803. The van der Waals surface area contributed by atoms with Crippen molar-refractivity contribution in [3.63, 3.8) is 0 Å². The van der Waals surface area contributed by atoms with Crippen molar-refractivity contribution in [2.45, 2.75) is 52.6 Å². The summed E-state index contributed by atoms with van der Waals surface area (Å²) < 4.78 is 0. The van der Waals surface area contributed by atoms with Crippen LogP contribution >= 0.6 is 11.3 Å². The average molecular weight is 280 g/mol. The molecule has 3 atom stereocenters. The molecule has 1 aliphatic rings. The van der Waals surface area contributed by atoms with Gasteiger partial charge < -0.3 is 10.2 Å². The molecule has 0 amide bonds. The molecule has 1 aromatic heterocycles. The van der Waals surface area contributed by atoms with Gasteiger partial charge in [0.2, 0.25) is 0 Å². The number of piperidine rings is 1. The van der Waals surface area contributed by atoms with Crippen molar-refractivity contribution in [2.75, 3.05) is 19.6 Å². The highest BCUT2D eigenvalue weighted by molar-refractivity contribution is 7.12. The van der Waals surface area contributed by atoms with Gasteiger partial charge in [-0.3, -0.25) is 0 Å². The van der Waals surface area contributed by atoms with Crippen LogP contribution < -0.4 is 5.32 Å². The van der Waals surface area contributed by atoms with E-state index in [1.165, 1.54) is 42.2 Å². The highest BCUT2D eigenvalue weighted by Gasteiger charge is 2.25. The second-order valence-electron chi connectivity index (χ2n) is 5.92. The van der Waals surface area contributed by atoms with Crippen molar-refractivity contribution in [3.05, 3.63) is 21.9 Å². The van der Waals surface area contributed by atoms with Crippen LogP contribution in [-0.2, 0) is 0 Å². The molecule has 0 spiro atoms. The van der Waals surface area contributed by atoms with Crippen LogP contribution in [0, 0.1) is 12.8 Å². The Morgan fingerprint density at radius 1 is 1.42 bits per heavy atom. The maximum atomic E-state index is 3.81. The number of aryl methyl sites for hydroxylation is 1. The van der Waals surface area contributed by atoms with E-state index < -0.39 is 0 Å². The van der Waals surface area contributed by atoms with Crippen LogP contribution in [0.25, 0.3) is 0 Å². The molecule has 19 heavy (non-hydrogen) atoms. The highest BCUT2D eigenvalue weighted by atomic mass is 32.1. The third-order valence-corrected chi connectivity index (χ3v) is 5.58. The summed E-state index contributed by atoms with van der Waals surface area (Å²) in [5, 5.41) is 3.81. The van der Waals surface area contributed by atoms with E-state index in [4.69, 9.17) is 0 Å². The molecule has 0 aliphatic carbocycles. The SMILES string of the molecule is CCN1CCCC(C(C)NC(C)c2ccc(C)s2)C1. The summed E-state index contributed by atoms with van der Waals surface area (Å²) >= 11 is 1.92. The van der Waals surface area contributed by atoms with Gasteiger partial charge >= 0.3 is 0 Å². The second kappa shape index (κ2) is 6.87. The van der Waals surface area contributed by atoms with Crippen molar-refractivity contribution >= 4 is 11.3 Å². The predicted octanol–water partition coefficient (Wildman–Crippen LogP) is 3.83. The van der Waals surface area contributed by atoms with Crippen LogP contribution in [0.4, 0.5) is 0 Å². The molecule has 108 valence electrons. The van der Waals surface area contributed by atoms with Crippen molar-refractivity contribution in [1.82, 2.24) is 10.2 Å². The zero-order valence-corrected chi connectivity index (χ0v) is 13.6. The average Bonchev–Trinajstić information content (AvgIpc) is 2.85. The zero-order valence-electron chi connectivity index (χ0n) is 12.8. The predicted molar refractivity (Wildman–Crippen MR) is 84.9 cm³/mol. The summed E-state index contributed by atoms with van der Waals surface area (Å²) in [5.41, 5.74) is 0. The lowest BCUT2D eigenvalue weighted by molar-refractivity contribution is 0.153. The van der Waals surface area contributed by atoms with Gasteiger partial charge in [-0.2, -0.15) is 0 Å². The summed E-state index contributed by atoms with van der Waals surface area (Å²) in [6.07, 6.45) is 2.73. The van der Waals surface area contributed by atoms with E-state index in [0.29, 0.717) is 12.1 Å². The Hall–Kier alpha value is -0.380. The van der Waals surface area contributed by atoms with E-state index in [9.17, 15) is 0 Å². The second-order valence-corrected chi connectivity index (χ2v) is 7.24. The molecule has 0 radical (unpaired) electrons. The van der Waals surface area contributed by atoms with E-state index in [2.05, 4.69) is 50.0 Å². The molecular weight excluding hydrogens is 252 g/mol. The molecule has 1 aliphatic heterocycles. The minimum atomic E-state index is 0.478. The van der Waals surface area contributed by atoms with Crippen molar-refractivity contribution in [2.24, 2.45) is 5.92 Å². The first-order valence-corrected chi connectivity index (χ1v) is 8.46. The molecule has 2 nitrogen and oxygen atoms in total. The van der Waals surface area contributed by atoms with Gasteiger partial charge in [-0.1, -0.05) is 6.92 Å². The first kappa shape index (κ1) is 15.0. The molecule has 3 unspecified atom stereocenters. The van der Waals surface area contributed by atoms with Gasteiger partial charge in [0.25, 0.3) is 0 Å². The number of nitrogens with one attached hydrogen (secondary N) is 1. The minimum absolute atomic E-state index is 0.478. The van der Waals surface area contributed by atoms with Gasteiger partial charge in [-0.25, -0.2) is 0 Å². The normalized spacial score (nSPS) is 24.3. The van der Waals surface area contributed by atoms with Gasteiger partial charge in [0, 0.05) is 28.4 Å². The Bertz CT molecular complexity index is 388. The molecular formula is C16H28N2S. The number of rotatable bonds is 5. The fourth-order valence-corrected chi connectivity index (χ4v) is 3.97.